The third kappa shape index (κ3) is 3.05. The molecule has 0 radical (unpaired) electrons. The van der Waals surface area contributed by atoms with E-state index < -0.39 is 0 Å². The van der Waals surface area contributed by atoms with Crippen molar-refractivity contribution in [3.05, 3.63) is 23.0 Å². The fraction of sp³-hybridized carbons (Fsp3) is 0.688. The molecule has 0 amide bonds. The lowest BCUT2D eigenvalue weighted by molar-refractivity contribution is 0.0810. The molecule has 0 saturated heterocycles. The summed E-state index contributed by atoms with van der Waals surface area (Å²) in [6.45, 7) is 3.94. The van der Waals surface area contributed by atoms with Gasteiger partial charge in [-0.2, -0.15) is 5.26 Å². The molecule has 0 aromatic carbocycles. The standard InChI is InChI=1S/C16H25N3O/c1-13-14(8-15(9-17)19(13)2)10-18-11-16(12-20)6-4-3-5-7-16/h8,18,20H,3-7,10-12H2,1-2H3. The molecule has 0 bridgehead atoms. The average molecular weight is 275 g/mol. The predicted molar refractivity (Wildman–Crippen MR) is 79.2 cm³/mol. The Morgan fingerprint density at radius 1 is 1.40 bits per heavy atom. The monoisotopic (exact) mass is 275 g/mol. The molecule has 1 aromatic rings. The van der Waals surface area contributed by atoms with Gasteiger partial charge in [-0.1, -0.05) is 19.3 Å². The highest BCUT2D eigenvalue weighted by Crippen LogP contribution is 2.35. The van der Waals surface area contributed by atoms with Crippen molar-refractivity contribution in [2.45, 2.75) is 45.6 Å². The fourth-order valence-electron chi connectivity index (χ4n) is 3.20. The van der Waals surface area contributed by atoms with E-state index in [0.29, 0.717) is 5.69 Å². The summed E-state index contributed by atoms with van der Waals surface area (Å²) in [6, 6.07) is 4.16. The average Bonchev–Trinajstić information content (AvgIpc) is 2.76. The van der Waals surface area contributed by atoms with E-state index >= 15 is 0 Å². The van der Waals surface area contributed by atoms with E-state index in [9.17, 15) is 5.11 Å². The zero-order chi connectivity index (χ0) is 14.6. The van der Waals surface area contributed by atoms with Crippen molar-refractivity contribution < 1.29 is 5.11 Å². The van der Waals surface area contributed by atoms with Crippen molar-refractivity contribution in [2.24, 2.45) is 12.5 Å². The molecule has 0 atom stereocenters. The summed E-state index contributed by atoms with van der Waals surface area (Å²) in [6.07, 6.45) is 5.99. The molecule has 1 heterocycles. The van der Waals surface area contributed by atoms with Gasteiger partial charge in [0, 0.05) is 37.9 Å². The Labute approximate surface area is 121 Å². The van der Waals surface area contributed by atoms with Gasteiger partial charge in [0.05, 0.1) is 0 Å². The third-order valence-corrected chi connectivity index (χ3v) is 4.82. The second-order valence-electron chi connectivity index (χ2n) is 6.13. The van der Waals surface area contributed by atoms with Gasteiger partial charge in [0.2, 0.25) is 0 Å². The topological polar surface area (TPSA) is 61.0 Å². The number of aliphatic hydroxyl groups is 1. The molecule has 1 fully saturated rings. The summed E-state index contributed by atoms with van der Waals surface area (Å²) < 4.78 is 1.93. The van der Waals surface area contributed by atoms with E-state index in [-0.39, 0.29) is 12.0 Å². The predicted octanol–water partition coefficient (Wildman–Crippen LogP) is 2.24. The fourth-order valence-corrected chi connectivity index (χ4v) is 3.20. The van der Waals surface area contributed by atoms with Crippen LogP contribution in [0.1, 0.15) is 49.1 Å². The number of nitrogens with zero attached hydrogens (tertiary/aromatic N) is 2. The van der Waals surface area contributed by atoms with Crippen molar-refractivity contribution in [3.63, 3.8) is 0 Å². The van der Waals surface area contributed by atoms with Crippen LogP contribution in [-0.4, -0.2) is 22.8 Å². The normalized spacial score (nSPS) is 17.9. The molecule has 2 N–H and O–H groups in total. The first-order valence-corrected chi connectivity index (χ1v) is 7.49. The highest BCUT2D eigenvalue weighted by molar-refractivity contribution is 5.34. The number of aliphatic hydroxyl groups excluding tert-OH is 1. The summed E-state index contributed by atoms with van der Waals surface area (Å²) in [5, 5.41) is 22.2. The van der Waals surface area contributed by atoms with Crippen LogP contribution in [0.3, 0.4) is 0 Å². The lowest BCUT2D eigenvalue weighted by Gasteiger charge is -2.35. The minimum atomic E-state index is 0.0684. The van der Waals surface area contributed by atoms with E-state index in [2.05, 4.69) is 11.4 Å². The Morgan fingerprint density at radius 3 is 2.65 bits per heavy atom. The smallest absolute Gasteiger partial charge is 0.120 e. The molecule has 110 valence electrons. The van der Waals surface area contributed by atoms with Crippen LogP contribution in [0.2, 0.25) is 0 Å². The lowest BCUT2D eigenvalue weighted by atomic mass is 9.74. The number of rotatable bonds is 5. The minimum Gasteiger partial charge on any atom is -0.396 e. The summed E-state index contributed by atoms with van der Waals surface area (Å²) in [5.74, 6) is 0. The summed E-state index contributed by atoms with van der Waals surface area (Å²) >= 11 is 0. The molecule has 20 heavy (non-hydrogen) atoms. The van der Waals surface area contributed by atoms with Crippen LogP contribution in [0.15, 0.2) is 6.07 Å². The number of nitrogens with one attached hydrogen (secondary N) is 1. The molecule has 1 aliphatic rings. The Hall–Kier alpha value is -1.31. The Balaban J connectivity index is 1.94. The minimum absolute atomic E-state index is 0.0684. The lowest BCUT2D eigenvalue weighted by Crippen LogP contribution is -2.38. The van der Waals surface area contributed by atoms with Crippen LogP contribution in [-0.2, 0) is 13.6 Å². The van der Waals surface area contributed by atoms with Crippen molar-refractivity contribution in [1.82, 2.24) is 9.88 Å². The maximum Gasteiger partial charge on any atom is 0.120 e. The van der Waals surface area contributed by atoms with Crippen LogP contribution < -0.4 is 5.32 Å². The van der Waals surface area contributed by atoms with Crippen LogP contribution in [0, 0.1) is 23.7 Å². The van der Waals surface area contributed by atoms with Crippen molar-refractivity contribution in [3.8, 4) is 6.07 Å². The van der Waals surface area contributed by atoms with Gasteiger partial charge in [-0.25, -0.2) is 0 Å². The summed E-state index contributed by atoms with van der Waals surface area (Å²) in [5.41, 5.74) is 3.08. The van der Waals surface area contributed by atoms with Crippen LogP contribution in [0.25, 0.3) is 0 Å². The first-order valence-electron chi connectivity index (χ1n) is 7.49. The number of hydrogen-bond donors (Lipinski definition) is 2. The Bertz CT molecular complexity index is 493. The molecule has 1 aromatic heterocycles. The molecule has 0 unspecified atom stereocenters. The zero-order valence-corrected chi connectivity index (χ0v) is 12.6. The van der Waals surface area contributed by atoms with Crippen LogP contribution in [0.4, 0.5) is 0 Å². The highest BCUT2D eigenvalue weighted by Gasteiger charge is 2.30. The second-order valence-corrected chi connectivity index (χ2v) is 6.13. The quantitative estimate of drug-likeness (QED) is 0.866. The molecule has 1 aliphatic carbocycles. The molecular weight excluding hydrogens is 250 g/mol. The first-order chi connectivity index (χ1) is 9.62. The number of hydrogen-bond acceptors (Lipinski definition) is 3. The number of aromatic nitrogens is 1. The molecule has 4 nitrogen and oxygen atoms in total. The van der Waals surface area contributed by atoms with E-state index in [1.807, 2.05) is 24.6 Å². The van der Waals surface area contributed by atoms with Crippen molar-refractivity contribution in [2.75, 3.05) is 13.2 Å². The first kappa shape index (κ1) is 15.1. The van der Waals surface area contributed by atoms with Gasteiger partial charge in [-0.15, -0.1) is 0 Å². The van der Waals surface area contributed by atoms with Gasteiger partial charge < -0.3 is 15.0 Å². The SMILES string of the molecule is Cc1c(CNCC2(CO)CCCCC2)cc(C#N)n1C. The maximum atomic E-state index is 9.69. The maximum absolute atomic E-state index is 9.69. The summed E-state index contributed by atoms with van der Waals surface area (Å²) in [7, 11) is 1.92. The third-order valence-electron chi connectivity index (χ3n) is 4.82. The van der Waals surface area contributed by atoms with E-state index in [1.54, 1.807) is 0 Å². The molecule has 4 heteroatoms. The highest BCUT2D eigenvalue weighted by atomic mass is 16.3. The molecule has 2 rings (SSSR count). The van der Waals surface area contributed by atoms with Gasteiger partial charge >= 0.3 is 0 Å². The zero-order valence-electron chi connectivity index (χ0n) is 12.6. The van der Waals surface area contributed by atoms with Gasteiger partial charge in [0.15, 0.2) is 0 Å². The second kappa shape index (κ2) is 6.43. The van der Waals surface area contributed by atoms with Crippen LogP contribution >= 0.6 is 0 Å². The number of nitriles is 1. The molecule has 1 saturated carbocycles. The molecule has 0 spiro atoms. The van der Waals surface area contributed by atoms with Crippen molar-refractivity contribution in [1.29, 1.82) is 5.26 Å². The van der Waals surface area contributed by atoms with Crippen molar-refractivity contribution >= 4 is 0 Å². The van der Waals surface area contributed by atoms with Gasteiger partial charge in [-0.3, -0.25) is 0 Å². The van der Waals surface area contributed by atoms with Gasteiger partial charge in [0.25, 0.3) is 0 Å². The van der Waals surface area contributed by atoms with E-state index in [0.717, 1.165) is 31.6 Å². The Kier molecular flexibility index (Phi) is 4.85. The Morgan fingerprint density at radius 2 is 2.10 bits per heavy atom. The van der Waals surface area contributed by atoms with E-state index in [4.69, 9.17) is 5.26 Å². The van der Waals surface area contributed by atoms with Gasteiger partial charge in [-0.05, 0) is 31.4 Å². The largest absolute Gasteiger partial charge is 0.396 e. The molecule has 0 aliphatic heterocycles. The molecular formula is C16H25N3O. The summed E-state index contributed by atoms with van der Waals surface area (Å²) in [4.78, 5) is 0. The van der Waals surface area contributed by atoms with Crippen LogP contribution in [0.5, 0.6) is 0 Å². The van der Waals surface area contributed by atoms with E-state index in [1.165, 1.54) is 24.8 Å². The van der Waals surface area contributed by atoms with Gasteiger partial charge in [0.1, 0.15) is 11.8 Å².